The highest BCUT2D eigenvalue weighted by Gasteiger charge is 2.18. The van der Waals surface area contributed by atoms with Gasteiger partial charge in [0.25, 0.3) is 0 Å². The summed E-state index contributed by atoms with van der Waals surface area (Å²) in [6.07, 6.45) is 0.962. The molecular formula is C7H14Br. The third-order valence-electron chi connectivity index (χ3n) is 1.19. The van der Waals surface area contributed by atoms with Gasteiger partial charge in [0.2, 0.25) is 0 Å². The zero-order chi connectivity index (χ0) is 6.78. The van der Waals surface area contributed by atoms with Crippen LogP contribution in [0.3, 0.4) is 0 Å². The maximum absolute atomic E-state index is 3.81. The molecule has 0 N–H and O–H groups in total. The molecule has 0 spiro atoms. The summed E-state index contributed by atoms with van der Waals surface area (Å²) >= 11 is 3.53. The van der Waals surface area contributed by atoms with E-state index in [2.05, 4.69) is 43.6 Å². The van der Waals surface area contributed by atoms with Gasteiger partial charge in [-0.25, -0.2) is 0 Å². The van der Waals surface area contributed by atoms with E-state index in [0.717, 1.165) is 6.42 Å². The Kier molecular flexibility index (Phi) is 3.03. The van der Waals surface area contributed by atoms with Crippen LogP contribution < -0.4 is 0 Å². The Bertz CT molecular complexity index is 61.3. The van der Waals surface area contributed by atoms with Gasteiger partial charge >= 0.3 is 0 Å². The fraction of sp³-hybridized carbons (Fsp3) is 0.857. The first kappa shape index (κ1) is 8.48. The zero-order valence-electron chi connectivity index (χ0n) is 5.87. The molecule has 0 aromatic heterocycles. The van der Waals surface area contributed by atoms with Crippen LogP contribution in [-0.2, 0) is 0 Å². The molecule has 0 amide bonds. The SMILES string of the molecule is [CH2]CC(Br)C(C)(C)C. The highest BCUT2D eigenvalue weighted by Crippen LogP contribution is 2.27. The normalized spacial score (nSPS) is 16.1. The minimum atomic E-state index is 0.363. The third-order valence-corrected chi connectivity index (χ3v) is 3.02. The van der Waals surface area contributed by atoms with E-state index in [1.54, 1.807) is 0 Å². The van der Waals surface area contributed by atoms with Crippen LogP contribution >= 0.6 is 15.9 Å². The van der Waals surface area contributed by atoms with Crippen LogP contribution in [0.4, 0.5) is 0 Å². The summed E-state index contributed by atoms with van der Waals surface area (Å²) in [6, 6.07) is 0. The van der Waals surface area contributed by atoms with Gasteiger partial charge in [0.15, 0.2) is 0 Å². The molecule has 0 fully saturated rings. The molecule has 0 heterocycles. The van der Waals surface area contributed by atoms with Crippen molar-refractivity contribution in [3.8, 4) is 0 Å². The quantitative estimate of drug-likeness (QED) is 0.541. The van der Waals surface area contributed by atoms with Gasteiger partial charge in [0.1, 0.15) is 0 Å². The second-order valence-corrected chi connectivity index (χ2v) is 4.23. The molecule has 0 aromatic carbocycles. The number of rotatable bonds is 1. The van der Waals surface area contributed by atoms with Crippen LogP contribution in [0.2, 0.25) is 0 Å². The second-order valence-electron chi connectivity index (χ2n) is 3.12. The van der Waals surface area contributed by atoms with E-state index in [1.165, 1.54) is 0 Å². The Morgan fingerprint density at radius 3 is 1.88 bits per heavy atom. The van der Waals surface area contributed by atoms with E-state index in [1.807, 2.05) is 0 Å². The molecule has 0 aliphatic carbocycles. The van der Waals surface area contributed by atoms with E-state index in [4.69, 9.17) is 0 Å². The average molecular weight is 178 g/mol. The minimum Gasteiger partial charge on any atom is -0.0885 e. The molecule has 0 saturated heterocycles. The first-order valence-electron chi connectivity index (χ1n) is 2.92. The lowest BCUT2D eigenvalue weighted by atomic mass is 9.91. The predicted octanol–water partition coefficient (Wildman–Crippen LogP) is 3.02. The van der Waals surface area contributed by atoms with Crippen molar-refractivity contribution in [3.05, 3.63) is 6.92 Å². The van der Waals surface area contributed by atoms with Gasteiger partial charge in [-0.3, -0.25) is 0 Å². The van der Waals surface area contributed by atoms with Crippen molar-refractivity contribution in [3.63, 3.8) is 0 Å². The van der Waals surface area contributed by atoms with E-state index >= 15 is 0 Å². The monoisotopic (exact) mass is 177 g/mol. The molecule has 8 heavy (non-hydrogen) atoms. The molecule has 0 nitrogen and oxygen atoms in total. The lowest BCUT2D eigenvalue weighted by Crippen LogP contribution is -2.18. The molecule has 0 rings (SSSR count). The van der Waals surface area contributed by atoms with Gasteiger partial charge in [-0.1, -0.05) is 43.6 Å². The number of hydrogen-bond donors (Lipinski definition) is 0. The highest BCUT2D eigenvalue weighted by molar-refractivity contribution is 9.09. The molecule has 1 heteroatoms. The average Bonchev–Trinajstić information content (AvgIpc) is 1.62. The standard InChI is InChI=1S/C7H14Br/c1-5-6(8)7(2,3)4/h6H,1,5H2,2-4H3. The summed E-state index contributed by atoms with van der Waals surface area (Å²) in [4.78, 5) is 0.551. The molecule has 0 saturated carbocycles. The van der Waals surface area contributed by atoms with Gasteiger partial charge in [-0.05, 0) is 11.8 Å². The summed E-state index contributed by atoms with van der Waals surface area (Å²) < 4.78 is 0. The first-order chi connectivity index (χ1) is 3.48. The van der Waals surface area contributed by atoms with Crippen molar-refractivity contribution in [1.29, 1.82) is 0 Å². The molecule has 0 aliphatic heterocycles. The van der Waals surface area contributed by atoms with Gasteiger partial charge in [0.05, 0.1) is 0 Å². The largest absolute Gasteiger partial charge is 0.0885 e. The van der Waals surface area contributed by atoms with Crippen LogP contribution in [0.1, 0.15) is 27.2 Å². The Morgan fingerprint density at radius 1 is 1.50 bits per heavy atom. The summed E-state index contributed by atoms with van der Waals surface area (Å²) in [6.45, 7) is 10.4. The van der Waals surface area contributed by atoms with Crippen molar-refractivity contribution in [1.82, 2.24) is 0 Å². The Labute approximate surface area is 60.8 Å². The van der Waals surface area contributed by atoms with Crippen LogP contribution in [-0.4, -0.2) is 4.83 Å². The van der Waals surface area contributed by atoms with Crippen LogP contribution in [0.25, 0.3) is 0 Å². The molecule has 0 bridgehead atoms. The zero-order valence-corrected chi connectivity index (χ0v) is 7.46. The van der Waals surface area contributed by atoms with E-state index in [0.29, 0.717) is 10.2 Å². The minimum absolute atomic E-state index is 0.363. The van der Waals surface area contributed by atoms with Crippen LogP contribution in [0.5, 0.6) is 0 Å². The number of halogens is 1. The van der Waals surface area contributed by atoms with Gasteiger partial charge < -0.3 is 0 Å². The third kappa shape index (κ3) is 2.71. The van der Waals surface area contributed by atoms with Gasteiger partial charge in [0, 0.05) is 4.83 Å². The molecule has 49 valence electrons. The topological polar surface area (TPSA) is 0 Å². The van der Waals surface area contributed by atoms with E-state index < -0.39 is 0 Å². The Morgan fingerprint density at radius 2 is 1.88 bits per heavy atom. The second kappa shape index (κ2) is 2.86. The maximum Gasteiger partial charge on any atom is 0.0194 e. The number of alkyl halides is 1. The lowest BCUT2D eigenvalue weighted by Gasteiger charge is -2.23. The molecule has 1 atom stereocenters. The molecular weight excluding hydrogens is 164 g/mol. The molecule has 1 unspecified atom stereocenters. The summed E-state index contributed by atoms with van der Waals surface area (Å²) in [5.41, 5.74) is 0.363. The summed E-state index contributed by atoms with van der Waals surface area (Å²) in [5, 5.41) is 0. The maximum atomic E-state index is 3.81. The van der Waals surface area contributed by atoms with Crippen molar-refractivity contribution in [2.45, 2.75) is 32.0 Å². The van der Waals surface area contributed by atoms with Gasteiger partial charge in [-0.2, -0.15) is 0 Å². The van der Waals surface area contributed by atoms with Crippen molar-refractivity contribution >= 4 is 15.9 Å². The fourth-order valence-corrected chi connectivity index (χ4v) is 0.433. The Balaban J connectivity index is 3.62. The van der Waals surface area contributed by atoms with Crippen molar-refractivity contribution in [2.24, 2.45) is 5.41 Å². The van der Waals surface area contributed by atoms with Crippen LogP contribution in [0.15, 0.2) is 0 Å². The molecule has 0 aliphatic rings. The lowest BCUT2D eigenvalue weighted by molar-refractivity contribution is 0.400. The van der Waals surface area contributed by atoms with Gasteiger partial charge in [-0.15, -0.1) is 0 Å². The first-order valence-corrected chi connectivity index (χ1v) is 3.83. The fourth-order valence-electron chi connectivity index (χ4n) is 0.433. The van der Waals surface area contributed by atoms with Crippen molar-refractivity contribution in [2.75, 3.05) is 0 Å². The predicted molar refractivity (Wildman–Crippen MR) is 42.1 cm³/mol. The summed E-state index contributed by atoms with van der Waals surface area (Å²) in [7, 11) is 0. The Hall–Kier alpha value is 0.480. The van der Waals surface area contributed by atoms with E-state index in [-0.39, 0.29) is 0 Å². The van der Waals surface area contributed by atoms with Crippen molar-refractivity contribution < 1.29 is 0 Å². The smallest absolute Gasteiger partial charge is 0.0194 e. The molecule has 0 aromatic rings. The number of hydrogen-bond acceptors (Lipinski definition) is 0. The van der Waals surface area contributed by atoms with E-state index in [9.17, 15) is 0 Å². The highest BCUT2D eigenvalue weighted by atomic mass is 79.9. The summed E-state index contributed by atoms with van der Waals surface area (Å²) in [5.74, 6) is 0. The molecule has 1 radical (unpaired) electrons. The van der Waals surface area contributed by atoms with Crippen LogP contribution in [0, 0.1) is 12.3 Å².